The highest BCUT2D eigenvalue weighted by molar-refractivity contribution is 7.14. The predicted molar refractivity (Wildman–Crippen MR) is 106 cm³/mol. The van der Waals surface area contributed by atoms with Gasteiger partial charge in [0.05, 0.1) is 6.61 Å². The van der Waals surface area contributed by atoms with Crippen LogP contribution in [0, 0.1) is 0 Å². The molecule has 0 unspecified atom stereocenters. The van der Waals surface area contributed by atoms with Gasteiger partial charge in [0, 0.05) is 35.2 Å². The van der Waals surface area contributed by atoms with Gasteiger partial charge >= 0.3 is 6.09 Å². The Balaban J connectivity index is 1.51. The number of halogens is 1. The number of nitrogens with zero attached hydrogens (tertiary/aromatic N) is 2. The summed E-state index contributed by atoms with van der Waals surface area (Å²) in [6.45, 7) is 3.30. The molecule has 0 atom stereocenters. The fraction of sp³-hybridized carbons (Fsp3) is 0.389. The van der Waals surface area contributed by atoms with Crippen LogP contribution in [-0.2, 0) is 4.74 Å². The van der Waals surface area contributed by atoms with E-state index in [1.807, 2.05) is 12.1 Å². The molecule has 2 heterocycles. The van der Waals surface area contributed by atoms with Gasteiger partial charge in [0.15, 0.2) is 5.13 Å². The zero-order chi connectivity index (χ0) is 19.2. The van der Waals surface area contributed by atoms with Crippen molar-refractivity contribution >= 4 is 45.8 Å². The number of ether oxygens (including phenoxy) is 1. The van der Waals surface area contributed by atoms with Gasteiger partial charge in [-0.25, -0.2) is 9.78 Å². The molecule has 1 aliphatic rings. The van der Waals surface area contributed by atoms with Gasteiger partial charge < -0.3 is 20.3 Å². The number of amides is 2. The number of benzene rings is 1. The molecule has 144 valence electrons. The van der Waals surface area contributed by atoms with Crippen molar-refractivity contribution in [3.05, 3.63) is 40.4 Å². The smallest absolute Gasteiger partial charge is 0.409 e. The molecule has 1 aliphatic heterocycles. The topological polar surface area (TPSA) is 83.6 Å². The van der Waals surface area contributed by atoms with Crippen molar-refractivity contribution in [2.75, 3.05) is 25.0 Å². The van der Waals surface area contributed by atoms with Crippen molar-refractivity contribution < 1.29 is 14.3 Å². The molecule has 0 saturated carbocycles. The van der Waals surface area contributed by atoms with E-state index in [0.29, 0.717) is 48.4 Å². The number of piperidine rings is 1. The van der Waals surface area contributed by atoms with Gasteiger partial charge in [0.1, 0.15) is 5.69 Å². The molecule has 3 rings (SSSR count). The summed E-state index contributed by atoms with van der Waals surface area (Å²) in [5.41, 5.74) is 1.19. The molecule has 9 heteroatoms. The first kappa shape index (κ1) is 19.4. The van der Waals surface area contributed by atoms with Gasteiger partial charge in [-0.05, 0) is 38.0 Å². The minimum atomic E-state index is -0.293. The van der Waals surface area contributed by atoms with Crippen LogP contribution in [0.3, 0.4) is 0 Å². The zero-order valence-electron chi connectivity index (χ0n) is 14.9. The maximum Gasteiger partial charge on any atom is 0.409 e. The van der Waals surface area contributed by atoms with E-state index >= 15 is 0 Å². The van der Waals surface area contributed by atoms with Crippen LogP contribution < -0.4 is 10.6 Å². The highest BCUT2D eigenvalue weighted by Gasteiger charge is 2.25. The minimum absolute atomic E-state index is 0.0224. The first-order chi connectivity index (χ1) is 13.0. The number of anilines is 2. The molecular weight excluding hydrogens is 388 g/mol. The standard InChI is InChI=1S/C18H21ClN4O3S/c1-2-26-18(25)23-8-6-13(7-9-23)20-16(24)15-11-27-17(22-15)21-14-5-3-4-12(19)10-14/h3-5,10-11,13H,2,6-9H2,1H3,(H,20,24)(H,21,22). The third-order valence-electron chi connectivity index (χ3n) is 4.17. The molecule has 2 aromatic rings. The molecule has 1 aromatic carbocycles. The lowest BCUT2D eigenvalue weighted by molar-refractivity contribution is 0.0857. The second kappa shape index (κ2) is 9.05. The summed E-state index contributed by atoms with van der Waals surface area (Å²) in [4.78, 5) is 30.1. The van der Waals surface area contributed by atoms with Crippen molar-refractivity contribution in [1.29, 1.82) is 0 Å². The SMILES string of the molecule is CCOC(=O)N1CCC(NC(=O)c2csc(Nc3cccc(Cl)c3)n2)CC1. The Morgan fingerprint density at radius 3 is 2.85 bits per heavy atom. The van der Waals surface area contributed by atoms with Crippen LogP contribution in [0.5, 0.6) is 0 Å². The third-order valence-corrected chi connectivity index (χ3v) is 5.16. The van der Waals surface area contributed by atoms with Gasteiger partial charge in [-0.3, -0.25) is 4.79 Å². The van der Waals surface area contributed by atoms with Crippen molar-refractivity contribution in [2.45, 2.75) is 25.8 Å². The Bertz CT molecular complexity index is 805. The second-order valence-corrected chi connectivity index (χ2v) is 7.40. The van der Waals surface area contributed by atoms with Gasteiger partial charge in [0.2, 0.25) is 0 Å². The predicted octanol–water partition coefficient (Wildman–Crippen LogP) is 3.89. The lowest BCUT2D eigenvalue weighted by Gasteiger charge is -2.31. The van der Waals surface area contributed by atoms with Gasteiger partial charge in [-0.15, -0.1) is 11.3 Å². The zero-order valence-corrected chi connectivity index (χ0v) is 16.5. The summed E-state index contributed by atoms with van der Waals surface area (Å²) in [5.74, 6) is -0.208. The third kappa shape index (κ3) is 5.33. The summed E-state index contributed by atoms with van der Waals surface area (Å²) < 4.78 is 5.00. The molecular formula is C18H21ClN4O3S. The number of hydrogen-bond acceptors (Lipinski definition) is 6. The van der Waals surface area contributed by atoms with E-state index in [-0.39, 0.29) is 18.0 Å². The Morgan fingerprint density at radius 1 is 1.37 bits per heavy atom. The Kier molecular flexibility index (Phi) is 6.52. The average Bonchev–Trinajstić information content (AvgIpc) is 3.11. The molecule has 27 heavy (non-hydrogen) atoms. The fourth-order valence-electron chi connectivity index (χ4n) is 2.81. The maximum atomic E-state index is 12.4. The highest BCUT2D eigenvalue weighted by Crippen LogP contribution is 2.23. The lowest BCUT2D eigenvalue weighted by Crippen LogP contribution is -2.46. The summed E-state index contributed by atoms with van der Waals surface area (Å²) in [5, 5.41) is 9.10. The Morgan fingerprint density at radius 2 is 2.15 bits per heavy atom. The second-order valence-electron chi connectivity index (χ2n) is 6.11. The molecule has 1 saturated heterocycles. The van der Waals surface area contributed by atoms with Crippen LogP contribution in [0.15, 0.2) is 29.6 Å². The summed E-state index contributed by atoms with van der Waals surface area (Å²) in [7, 11) is 0. The van der Waals surface area contributed by atoms with E-state index in [4.69, 9.17) is 16.3 Å². The Labute approximate surface area is 166 Å². The first-order valence-electron chi connectivity index (χ1n) is 8.76. The van der Waals surface area contributed by atoms with Gasteiger partial charge in [-0.1, -0.05) is 17.7 Å². The summed E-state index contributed by atoms with van der Waals surface area (Å²) >= 11 is 7.32. The molecule has 2 N–H and O–H groups in total. The minimum Gasteiger partial charge on any atom is -0.450 e. The average molecular weight is 409 g/mol. The summed E-state index contributed by atoms with van der Waals surface area (Å²) in [6, 6.07) is 7.33. The van der Waals surface area contributed by atoms with Crippen LogP contribution in [0.25, 0.3) is 0 Å². The molecule has 0 spiro atoms. The number of hydrogen-bond donors (Lipinski definition) is 2. The van der Waals surface area contributed by atoms with Crippen molar-refractivity contribution in [2.24, 2.45) is 0 Å². The number of carbonyl (C=O) groups excluding carboxylic acids is 2. The number of rotatable bonds is 5. The molecule has 1 fully saturated rings. The van der Waals surface area contributed by atoms with Crippen LogP contribution in [0.4, 0.5) is 15.6 Å². The highest BCUT2D eigenvalue weighted by atomic mass is 35.5. The molecule has 7 nitrogen and oxygen atoms in total. The Hall–Kier alpha value is -2.32. The number of thiazole rings is 1. The lowest BCUT2D eigenvalue weighted by atomic mass is 10.1. The van der Waals surface area contributed by atoms with Crippen LogP contribution >= 0.6 is 22.9 Å². The van der Waals surface area contributed by atoms with Crippen molar-refractivity contribution in [1.82, 2.24) is 15.2 Å². The first-order valence-corrected chi connectivity index (χ1v) is 10.0. The largest absolute Gasteiger partial charge is 0.450 e. The van der Waals surface area contributed by atoms with E-state index in [2.05, 4.69) is 15.6 Å². The van der Waals surface area contributed by atoms with Crippen LogP contribution in [0.1, 0.15) is 30.3 Å². The van der Waals surface area contributed by atoms with E-state index < -0.39 is 0 Å². The van der Waals surface area contributed by atoms with Gasteiger partial charge in [0.25, 0.3) is 5.91 Å². The van der Waals surface area contributed by atoms with E-state index in [1.54, 1.807) is 29.3 Å². The maximum absolute atomic E-state index is 12.4. The number of carbonyl (C=O) groups is 2. The monoisotopic (exact) mass is 408 g/mol. The molecule has 0 aliphatic carbocycles. The van der Waals surface area contributed by atoms with Gasteiger partial charge in [-0.2, -0.15) is 0 Å². The summed E-state index contributed by atoms with van der Waals surface area (Å²) in [6.07, 6.45) is 1.10. The quantitative estimate of drug-likeness (QED) is 0.784. The number of likely N-dealkylation sites (tertiary alicyclic amines) is 1. The molecule has 0 bridgehead atoms. The molecule has 0 radical (unpaired) electrons. The van der Waals surface area contributed by atoms with Crippen molar-refractivity contribution in [3.63, 3.8) is 0 Å². The normalized spacial score (nSPS) is 14.7. The van der Waals surface area contributed by atoms with E-state index in [1.165, 1.54) is 11.3 Å². The van der Waals surface area contributed by atoms with Crippen LogP contribution in [-0.4, -0.2) is 47.6 Å². The number of nitrogens with one attached hydrogen (secondary N) is 2. The molecule has 2 amide bonds. The van der Waals surface area contributed by atoms with Crippen LogP contribution in [0.2, 0.25) is 5.02 Å². The van der Waals surface area contributed by atoms with E-state index in [0.717, 1.165) is 5.69 Å². The van der Waals surface area contributed by atoms with Crippen molar-refractivity contribution in [3.8, 4) is 0 Å². The molecule has 1 aromatic heterocycles. The number of aromatic nitrogens is 1. The van der Waals surface area contributed by atoms with E-state index in [9.17, 15) is 9.59 Å². The fourth-order valence-corrected chi connectivity index (χ4v) is 3.71.